The Hall–Kier alpha value is -1.72. The molecule has 0 saturated heterocycles. The van der Waals surface area contributed by atoms with Crippen LogP contribution in [0.15, 0.2) is 48.5 Å². The molecule has 2 aromatic carbocycles. The molecular weight excluding hydrogens is 296 g/mol. The van der Waals surface area contributed by atoms with Crippen LogP contribution in [0.25, 0.3) is 0 Å². The zero-order chi connectivity index (χ0) is 14.6. The van der Waals surface area contributed by atoms with Crippen molar-refractivity contribution < 1.29 is 8.42 Å². The van der Waals surface area contributed by atoms with E-state index in [2.05, 4.69) is 10.0 Å². The Bertz CT molecular complexity index is 667. The fourth-order valence-electron chi connectivity index (χ4n) is 1.68. The number of hydrogen-bond acceptors (Lipinski definition) is 3. The fraction of sp³-hybridized carbons (Fsp3) is 0.143. The van der Waals surface area contributed by atoms with Gasteiger partial charge in [-0.05, 0) is 42.0 Å². The van der Waals surface area contributed by atoms with Gasteiger partial charge >= 0.3 is 0 Å². The van der Waals surface area contributed by atoms with Crippen LogP contribution in [0.2, 0.25) is 5.02 Å². The maximum atomic E-state index is 11.1. The molecule has 0 saturated carbocycles. The summed E-state index contributed by atoms with van der Waals surface area (Å²) < 4.78 is 24.6. The van der Waals surface area contributed by atoms with E-state index in [1.165, 1.54) is 0 Å². The highest BCUT2D eigenvalue weighted by Crippen LogP contribution is 2.16. The molecule has 20 heavy (non-hydrogen) atoms. The van der Waals surface area contributed by atoms with E-state index in [1.807, 2.05) is 36.4 Å². The minimum atomic E-state index is -3.23. The lowest BCUT2D eigenvalue weighted by atomic mass is 10.2. The minimum absolute atomic E-state index is 0.546. The minimum Gasteiger partial charge on any atom is -0.381 e. The fourth-order valence-corrected chi connectivity index (χ4v) is 2.37. The van der Waals surface area contributed by atoms with Crippen LogP contribution in [-0.2, 0) is 16.6 Å². The lowest BCUT2D eigenvalue weighted by molar-refractivity contribution is 0.607. The van der Waals surface area contributed by atoms with E-state index in [0.717, 1.165) is 17.5 Å². The smallest absolute Gasteiger partial charge is 0.229 e. The highest BCUT2D eigenvalue weighted by atomic mass is 35.5. The Kier molecular flexibility index (Phi) is 4.52. The van der Waals surface area contributed by atoms with E-state index in [-0.39, 0.29) is 0 Å². The van der Waals surface area contributed by atoms with Crippen molar-refractivity contribution in [3.63, 3.8) is 0 Å². The maximum Gasteiger partial charge on any atom is 0.229 e. The molecule has 0 aliphatic heterocycles. The SMILES string of the molecule is CS(=O)(=O)Nc1ccc(NCc2ccc(Cl)cc2)cc1. The Morgan fingerprint density at radius 2 is 1.50 bits per heavy atom. The largest absolute Gasteiger partial charge is 0.381 e. The first-order chi connectivity index (χ1) is 9.42. The number of hydrogen-bond donors (Lipinski definition) is 2. The quantitative estimate of drug-likeness (QED) is 0.890. The van der Waals surface area contributed by atoms with Gasteiger partial charge in [0.2, 0.25) is 10.0 Å². The third-order valence-electron chi connectivity index (χ3n) is 2.60. The summed E-state index contributed by atoms with van der Waals surface area (Å²) in [6.45, 7) is 0.677. The maximum absolute atomic E-state index is 11.1. The molecule has 106 valence electrons. The van der Waals surface area contributed by atoms with Crippen molar-refractivity contribution in [3.05, 3.63) is 59.1 Å². The molecule has 0 spiro atoms. The molecule has 0 aliphatic carbocycles. The first kappa shape index (κ1) is 14.7. The van der Waals surface area contributed by atoms with Gasteiger partial charge in [0.05, 0.1) is 6.26 Å². The first-order valence-corrected chi connectivity index (χ1v) is 8.25. The summed E-state index contributed by atoms with van der Waals surface area (Å²) in [6, 6.07) is 14.7. The summed E-state index contributed by atoms with van der Waals surface area (Å²) in [5.41, 5.74) is 2.58. The van der Waals surface area contributed by atoms with Gasteiger partial charge in [0.25, 0.3) is 0 Å². The third kappa shape index (κ3) is 4.75. The zero-order valence-electron chi connectivity index (χ0n) is 10.9. The molecule has 2 N–H and O–H groups in total. The molecule has 0 bridgehead atoms. The highest BCUT2D eigenvalue weighted by molar-refractivity contribution is 7.92. The van der Waals surface area contributed by atoms with Crippen LogP contribution in [0.3, 0.4) is 0 Å². The second kappa shape index (κ2) is 6.15. The van der Waals surface area contributed by atoms with Crippen LogP contribution >= 0.6 is 11.6 Å². The average molecular weight is 311 g/mol. The summed E-state index contributed by atoms with van der Waals surface area (Å²) in [5.74, 6) is 0. The summed E-state index contributed by atoms with van der Waals surface area (Å²) >= 11 is 5.82. The number of benzene rings is 2. The molecule has 2 rings (SSSR count). The Labute approximate surface area is 123 Å². The zero-order valence-corrected chi connectivity index (χ0v) is 12.5. The van der Waals surface area contributed by atoms with E-state index in [4.69, 9.17) is 11.6 Å². The van der Waals surface area contributed by atoms with Crippen LogP contribution < -0.4 is 10.0 Å². The van der Waals surface area contributed by atoms with E-state index < -0.39 is 10.0 Å². The second-order valence-corrected chi connectivity index (χ2v) is 6.62. The van der Waals surface area contributed by atoms with Crippen molar-refractivity contribution in [2.75, 3.05) is 16.3 Å². The van der Waals surface area contributed by atoms with E-state index >= 15 is 0 Å². The van der Waals surface area contributed by atoms with E-state index in [9.17, 15) is 8.42 Å². The molecule has 0 aliphatic rings. The third-order valence-corrected chi connectivity index (χ3v) is 3.46. The number of nitrogens with one attached hydrogen (secondary N) is 2. The molecular formula is C14H15ClN2O2S. The van der Waals surface area contributed by atoms with Crippen LogP contribution in [0.4, 0.5) is 11.4 Å². The van der Waals surface area contributed by atoms with Gasteiger partial charge in [-0.15, -0.1) is 0 Å². The predicted molar refractivity (Wildman–Crippen MR) is 83.7 cm³/mol. The normalized spacial score (nSPS) is 11.1. The van der Waals surface area contributed by atoms with E-state index in [1.54, 1.807) is 12.1 Å². The standard InChI is InChI=1S/C14H15ClN2O2S/c1-20(18,19)17-14-8-6-13(7-9-14)16-10-11-2-4-12(15)5-3-11/h2-9,16-17H,10H2,1H3. The summed E-state index contributed by atoms with van der Waals surface area (Å²) in [7, 11) is -3.23. The molecule has 6 heteroatoms. The number of halogens is 1. The molecule has 0 aromatic heterocycles. The average Bonchev–Trinajstić information content (AvgIpc) is 2.38. The van der Waals surface area contributed by atoms with Crippen molar-refractivity contribution >= 4 is 33.0 Å². The Morgan fingerprint density at radius 1 is 0.950 bits per heavy atom. The number of sulfonamides is 1. The van der Waals surface area contributed by atoms with Gasteiger partial charge in [-0.25, -0.2) is 8.42 Å². The van der Waals surface area contributed by atoms with Crippen molar-refractivity contribution in [2.24, 2.45) is 0 Å². The van der Waals surface area contributed by atoms with Crippen LogP contribution in [0.1, 0.15) is 5.56 Å². The van der Waals surface area contributed by atoms with Gasteiger partial charge < -0.3 is 5.32 Å². The van der Waals surface area contributed by atoms with Crippen LogP contribution in [0, 0.1) is 0 Å². The van der Waals surface area contributed by atoms with E-state index in [0.29, 0.717) is 17.3 Å². The molecule has 0 amide bonds. The van der Waals surface area contributed by atoms with Crippen LogP contribution in [0.5, 0.6) is 0 Å². The Balaban J connectivity index is 1.95. The van der Waals surface area contributed by atoms with Crippen LogP contribution in [-0.4, -0.2) is 14.7 Å². The van der Waals surface area contributed by atoms with Crippen molar-refractivity contribution in [2.45, 2.75) is 6.54 Å². The molecule has 0 radical (unpaired) electrons. The number of rotatable bonds is 5. The van der Waals surface area contributed by atoms with Gasteiger partial charge in [0.1, 0.15) is 0 Å². The highest BCUT2D eigenvalue weighted by Gasteiger charge is 2.01. The summed E-state index contributed by atoms with van der Waals surface area (Å²) in [6.07, 6.45) is 1.12. The first-order valence-electron chi connectivity index (χ1n) is 5.98. The van der Waals surface area contributed by atoms with Crippen molar-refractivity contribution in [1.29, 1.82) is 0 Å². The lowest BCUT2D eigenvalue weighted by Gasteiger charge is -2.08. The van der Waals surface area contributed by atoms with Gasteiger partial charge in [0.15, 0.2) is 0 Å². The second-order valence-electron chi connectivity index (χ2n) is 4.43. The molecule has 0 unspecified atom stereocenters. The summed E-state index contributed by atoms with van der Waals surface area (Å²) in [4.78, 5) is 0. The monoisotopic (exact) mass is 310 g/mol. The molecule has 0 atom stereocenters. The van der Waals surface area contributed by atoms with Gasteiger partial charge in [0, 0.05) is 22.9 Å². The topological polar surface area (TPSA) is 58.2 Å². The van der Waals surface area contributed by atoms with Crippen molar-refractivity contribution in [1.82, 2.24) is 0 Å². The molecule has 0 fully saturated rings. The van der Waals surface area contributed by atoms with Gasteiger partial charge in [-0.2, -0.15) is 0 Å². The lowest BCUT2D eigenvalue weighted by Crippen LogP contribution is -2.09. The predicted octanol–water partition coefficient (Wildman–Crippen LogP) is 3.32. The van der Waals surface area contributed by atoms with Gasteiger partial charge in [-0.1, -0.05) is 23.7 Å². The van der Waals surface area contributed by atoms with Crippen molar-refractivity contribution in [3.8, 4) is 0 Å². The molecule has 0 heterocycles. The Morgan fingerprint density at radius 3 is 2.05 bits per heavy atom. The molecule has 2 aromatic rings. The summed E-state index contributed by atoms with van der Waals surface area (Å²) in [5, 5.41) is 3.96. The molecule has 4 nitrogen and oxygen atoms in total. The number of anilines is 2. The van der Waals surface area contributed by atoms with Gasteiger partial charge in [-0.3, -0.25) is 4.72 Å².